The fourth-order valence-corrected chi connectivity index (χ4v) is 20.8. The van der Waals surface area contributed by atoms with Crippen LogP contribution in [0.4, 0.5) is 28.4 Å². The number of ether oxygens (including phenoxy) is 1. The summed E-state index contributed by atoms with van der Waals surface area (Å²) in [7, 11) is 1.75. The highest BCUT2D eigenvalue weighted by Crippen LogP contribution is 2.59. The predicted octanol–water partition coefficient (Wildman–Crippen LogP) is 21.7. The highest BCUT2D eigenvalue weighted by atomic mass is 16.5. The van der Waals surface area contributed by atoms with Crippen LogP contribution in [-0.4, -0.2) is 165 Å². The molecule has 5 aliphatic heterocycles. The van der Waals surface area contributed by atoms with Crippen molar-refractivity contribution in [2.75, 3.05) is 156 Å². The van der Waals surface area contributed by atoms with Gasteiger partial charge in [-0.05, 0) is 218 Å². The molecule has 0 aromatic heterocycles. The lowest BCUT2D eigenvalue weighted by atomic mass is 9.74. The van der Waals surface area contributed by atoms with Crippen LogP contribution in [-0.2, 0) is 5.54 Å². The summed E-state index contributed by atoms with van der Waals surface area (Å²) in [4.78, 5) is 67.5. The number of nitriles is 3. The molecule has 1 N–H and O–H groups in total. The highest BCUT2D eigenvalue weighted by molar-refractivity contribution is 6.12. The highest BCUT2D eigenvalue weighted by Gasteiger charge is 2.56. The Labute approximate surface area is 853 Å². The lowest BCUT2D eigenvalue weighted by Crippen LogP contribution is -2.47. The fourth-order valence-electron chi connectivity index (χ4n) is 20.8. The zero-order valence-electron chi connectivity index (χ0n) is 87.1. The number of benzene rings is 12. The topological polar surface area (TPSA) is 255 Å². The Kier molecular flexibility index (Phi) is 35.0. The predicted molar refractivity (Wildman–Crippen MR) is 586 cm³/mol. The molecule has 0 saturated carbocycles. The maximum Gasteiger partial charge on any atom is 0.255 e. The van der Waals surface area contributed by atoms with E-state index in [1.165, 1.54) is 0 Å². The van der Waals surface area contributed by atoms with Gasteiger partial charge in [0.05, 0.1) is 61.6 Å². The monoisotopic (exact) mass is 1940 g/mol. The Morgan fingerprint density at radius 1 is 0.366 bits per heavy atom. The third-order valence-electron chi connectivity index (χ3n) is 28.4. The molecular weight excluding hydrogens is 1810 g/mol. The summed E-state index contributed by atoms with van der Waals surface area (Å²) in [5, 5.41) is 48.3. The zero-order valence-corrected chi connectivity index (χ0v) is 87.1. The van der Waals surface area contributed by atoms with Crippen molar-refractivity contribution in [2.45, 2.75) is 136 Å². The maximum absolute atomic E-state index is 13.9. The summed E-state index contributed by atoms with van der Waals surface area (Å²) in [6.45, 7) is 49.7. The molecule has 9 aromatic carbocycles. The van der Waals surface area contributed by atoms with Gasteiger partial charge in [0.2, 0.25) is 16.1 Å². The van der Waals surface area contributed by atoms with Crippen LogP contribution >= 0.6 is 0 Å². The van der Waals surface area contributed by atoms with Crippen molar-refractivity contribution in [1.82, 2.24) is 28.8 Å². The summed E-state index contributed by atoms with van der Waals surface area (Å²) < 4.78 is 33.1. The molecule has 9 aromatic rings. The average molecular weight is 1940 g/mol. The molecule has 0 saturated heterocycles. The number of nitrogens with zero attached hydrogens (tertiary/aromatic N) is 13. The first-order valence-corrected chi connectivity index (χ1v) is 51.6. The van der Waals surface area contributed by atoms with Gasteiger partial charge in [0.25, 0.3) is 17.7 Å². The molecule has 23 nitrogen and oxygen atoms in total. The van der Waals surface area contributed by atoms with E-state index in [4.69, 9.17) is 28.5 Å². The molecule has 5 heterocycles. The maximum atomic E-state index is 13.9. The van der Waals surface area contributed by atoms with Crippen molar-refractivity contribution in [3.05, 3.63) is 298 Å². The van der Waals surface area contributed by atoms with E-state index < -0.39 is 11.5 Å². The van der Waals surface area contributed by atoms with E-state index in [-0.39, 0.29) is 36.1 Å². The molecule has 0 fully saturated rings. The second-order valence-electron chi connectivity index (χ2n) is 35.7. The van der Waals surface area contributed by atoms with Crippen LogP contribution in [0, 0.1) is 34.0 Å². The molecule has 0 bridgehead atoms. The van der Waals surface area contributed by atoms with Crippen LogP contribution in [0.2, 0.25) is 0 Å². The second kappa shape index (κ2) is 48.3. The van der Waals surface area contributed by atoms with E-state index in [1.54, 1.807) is 24.1 Å². The first-order chi connectivity index (χ1) is 70.6. The molecule has 17 rings (SSSR count). The van der Waals surface area contributed by atoms with Crippen molar-refractivity contribution in [1.29, 1.82) is 15.8 Å². The van der Waals surface area contributed by atoms with Crippen LogP contribution in [0.3, 0.4) is 0 Å². The van der Waals surface area contributed by atoms with Gasteiger partial charge in [-0.1, -0.05) is 91.0 Å². The summed E-state index contributed by atoms with van der Waals surface area (Å²) >= 11 is 0. The van der Waals surface area contributed by atoms with Crippen molar-refractivity contribution in [3.8, 4) is 97.1 Å². The number of aromatic carboxylic acids is 1. The van der Waals surface area contributed by atoms with E-state index in [1.807, 2.05) is 95.9 Å². The standard InChI is InChI=1S/C32H37N4O2.2C31H34N4O2.C28H30N2O3/c1-6-35(7-2)23-15-17-27-29(21-23)38-30-22-24(36(8-3)9-4)16-18-28(30)31(27)25-13-10-11-14-26(25)32(37)34(5)20-12-19-33;1-5-33(6-2)22-14-16-26-28(20-22)37-29-21-23(34(7-3)8-4)15-17-27(29)31(26)25-13-10-9-12-24(25)30(36)35(31)19-11-18-32;1-5-34(6-2)22-14-16-26-28(20-22)37-29-21-23(35(7-3)8-4)15-17-27(29)30(26)24-12-9-10-13-25(24)31(36)33-19-11-18-32;1-5-29(6-2)19-13-15-23-25(17-19)33-26-18-20(30(7-3)8-4)14-16-24(26)27(23)21-11-9-10-12-22(21)28(31)32/h10-11,13-18,21-22H,6-9,12,20H2,1-5H3;2*9-10,12-17,20-21H,5-8,11,19H2,1-4H3;9-18H,5-8H2,1-4H3/q+1;;;/p+1. The van der Waals surface area contributed by atoms with E-state index in [0.29, 0.717) is 48.3 Å². The number of anilines is 5. The smallest absolute Gasteiger partial charge is 0.255 e. The van der Waals surface area contributed by atoms with Crippen LogP contribution < -0.4 is 69.5 Å². The van der Waals surface area contributed by atoms with Gasteiger partial charge in [-0.3, -0.25) is 14.4 Å². The van der Waals surface area contributed by atoms with Crippen molar-refractivity contribution < 1.29 is 42.3 Å². The molecule has 1 spiro atoms. The normalized spacial score (nSPS) is 11.9. The summed E-state index contributed by atoms with van der Waals surface area (Å²) in [6, 6.07) is 87.1. The average Bonchev–Trinajstić information content (AvgIpc) is 1.58. The fraction of sp³-hybridized carbons (Fsp3) is 0.328. The molecule has 3 aliphatic carbocycles. The van der Waals surface area contributed by atoms with Crippen LogP contribution in [0.25, 0.3) is 100 Å². The lowest BCUT2D eigenvalue weighted by molar-refractivity contribution is -0.255. The summed E-state index contributed by atoms with van der Waals surface area (Å²) in [6.07, 6.45) is 0.817. The van der Waals surface area contributed by atoms with Crippen LogP contribution in [0.1, 0.15) is 188 Å². The van der Waals surface area contributed by atoms with Crippen LogP contribution in [0.15, 0.2) is 256 Å². The number of carbonyl (C=O) groups excluding carboxylic acids is 4. The Hall–Kier alpha value is -15.8. The number of carboxylic acids is 1. The Morgan fingerprint density at radius 3 is 1.06 bits per heavy atom. The number of carboxylic acid groups (broad SMARTS) is 1. The third-order valence-corrected chi connectivity index (χ3v) is 28.4. The molecular formula is C122H136N14O9+2. The molecule has 0 unspecified atom stereocenters. The van der Waals surface area contributed by atoms with Gasteiger partial charge in [-0.25, -0.2) is 13.7 Å². The third kappa shape index (κ3) is 21.4. The van der Waals surface area contributed by atoms with Gasteiger partial charge < -0.3 is 67.5 Å². The first-order valence-electron chi connectivity index (χ1n) is 51.6. The molecule has 3 amide bonds. The lowest BCUT2D eigenvalue weighted by Gasteiger charge is -2.44. The molecule has 0 atom stereocenters. The van der Waals surface area contributed by atoms with Gasteiger partial charge in [-0.2, -0.15) is 15.8 Å². The molecule has 145 heavy (non-hydrogen) atoms. The molecule has 746 valence electrons. The van der Waals surface area contributed by atoms with Crippen molar-refractivity contribution in [2.24, 2.45) is 0 Å². The van der Waals surface area contributed by atoms with Crippen molar-refractivity contribution in [3.63, 3.8) is 0 Å². The SMILES string of the molecule is CCN(CC)c1ccc2c(-c3ccccc3C(=O)N(C)CCC#N)c3ccc(=[N+](CC)CC)cc-3oc2c1.CCN(CC)c1ccc2c(-c3ccccc3C(=O)NCCC#N)c3ccc(=[N+](CC)CC)cc-3oc2c1.CCN(CC)c1ccc2c(-c3ccccc3C(=O)[O-])c3ccc(=[N+](CC)CC)cc-3oc2c1.CCN(CC)c1ccc2c(c1)Oc1cc(N(CC)CC)ccc1C21c2ccccc2C(=O)N1CCC#N. The Morgan fingerprint density at radius 2 is 0.697 bits per heavy atom. The summed E-state index contributed by atoms with van der Waals surface area (Å²) in [5.41, 5.74) is 19.7. The number of hydrogen-bond donors (Lipinski definition) is 1. The minimum absolute atomic E-state index is 0.0507. The minimum atomic E-state index is -1.19. The molecule has 23 heteroatoms. The zero-order chi connectivity index (χ0) is 103. The quantitative estimate of drug-likeness (QED) is 0.0228. The number of rotatable bonds is 33. The Balaban J connectivity index is 0.000000153. The van der Waals surface area contributed by atoms with Crippen LogP contribution in [0.5, 0.6) is 11.5 Å². The number of fused-ring (bicyclic) bond motifs is 12. The van der Waals surface area contributed by atoms with Crippen molar-refractivity contribution >= 4 is 85.0 Å². The minimum Gasteiger partial charge on any atom is -0.545 e. The Bertz CT molecular complexity index is 7410. The van der Waals surface area contributed by atoms with E-state index in [9.17, 15) is 29.5 Å². The van der Waals surface area contributed by atoms with E-state index in [0.717, 1.165) is 272 Å². The summed E-state index contributed by atoms with van der Waals surface area (Å²) in [5.74, 6) is 2.27. The van der Waals surface area contributed by atoms with Gasteiger partial charge in [0.15, 0.2) is 0 Å². The number of carbonyl (C=O) groups is 4. The molecule has 0 radical (unpaired) electrons. The van der Waals surface area contributed by atoms with Gasteiger partial charge >= 0.3 is 0 Å². The van der Waals surface area contributed by atoms with Gasteiger partial charge in [0, 0.05) is 252 Å². The number of amides is 3. The van der Waals surface area contributed by atoms with Gasteiger partial charge in [-0.15, -0.1) is 0 Å². The first kappa shape index (κ1) is 105. The van der Waals surface area contributed by atoms with E-state index in [2.05, 4.69) is 312 Å². The largest absolute Gasteiger partial charge is 0.545 e. The van der Waals surface area contributed by atoms with E-state index >= 15 is 0 Å². The number of hydrogen-bond acceptors (Lipinski definition) is 17. The number of nitrogens with one attached hydrogen (secondary N) is 1. The second-order valence-corrected chi connectivity index (χ2v) is 35.7. The molecule has 8 aliphatic rings. The van der Waals surface area contributed by atoms with Gasteiger partial charge in [0.1, 0.15) is 90.3 Å².